The van der Waals surface area contributed by atoms with Crippen LogP contribution in [0.25, 0.3) is 0 Å². The fourth-order valence-electron chi connectivity index (χ4n) is 1.32. The van der Waals surface area contributed by atoms with Gasteiger partial charge in [0, 0.05) is 16.4 Å². The molecule has 1 heterocycles. The fraction of sp³-hybridized carbons (Fsp3) is 0. The number of benzene rings is 1. The van der Waals surface area contributed by atoms with E-state index in [2.05, 4.69) is 26.2 Å². The number of carbonyl (C=O) groups is 1. The van der Waals surface area contributed by atoms with Crippen molar-refractivity contribution in [2.75, 3.05) is 5.32 Å². The molecule has 3 nitrogen and oxygen atoms in total. The number of halogens is 2. The van der Waals surface area contributed by atoms with Crippen LogP contribution in [0.5, 0.6) is 0 Å². The molecule has 1 aromatic carbocycles. The highest BCUT2D eigenvalue weighted by Gasteiger charge is 2.10. The van der Waals surface area contributed by atoms with E-state index in [9.17, 15) is 4.79 Å². The lowest BCUT2D eigenvalue weighted by molar-refractivity contribution is 0.102. The first kappa shape index (κ1) is 12.1. The summed E-state index contributed by atoms with van der Waals surface area (Å²) in [5, 5.41) is 2.94. The van der Waals surface area contributed by atoms with Crippen LogP contribution in [0, 0.1) is 0 Å². The highest BCUT2D eigenvalue weighted by Crippen LogP contribution is 2.18. The zero-order valence-corrected chi connectivity index (χ0v) is 11.0. The van der Waals surface area contributed by atoms with Crippen LogP contribution < -0.4 is 5.32 Å². The molecule has 0 spiro atoms. The Bertz CT molecular complexity index is 560. The molecule has 0 saturated heterocycles. The SMILES string of the molecule is O=C(Nc1cccc(Br)c1)c1cccnc1Cl. The lowest BCUT2D eigenvalue weighted by Gasteiger charge is -2.06. The molecule has 0 saturated carbocycles. The van der Waals surface area contributed by atoms with Crippen LogP contribution in [0.4, 0.5) is 5.69 Å². The minimum Gasteiger partial charge on any atom is -0.322 e. The average Bonchev–Trinajstić information content (AvgIpc) is 2.29. The molecule has 1 N–H and O–H groups in total. The highest BCUT2D eigenvalue weighted by molar-refractivity contribution is 9.10. The van der Waals surface area contributed by atoms with Gasteiger partial charge in [-0.15, -0.1) is 0 Å². The number of hydrogen-bond donors (Lipinski definition) is 1. The molecule has 0 bridgehead atoms. The van der Waals surface area contributed by atoms with E-state index in [1.165, 1.54) is 6.20 Å². The van der Waals surface area contributed by atoms with Crippen molar-refractivity contribution in [2.24, 2.45) is 0 Å². The maximum atomic E-state index is 11.9. The molecule has 17 heavy (non-hydrogen) atoms. The van der Waals surface area contributed by atoms with E-state index in [-0.39, 0.29) is 11.1 Å². The summed E-state index contributed by atoms with van der Waals surface area (Å²) >= 11 is 9.17. The number of rotatable bonds is 2. The van der Waals surface area contributed by atoms with Crippen molar-refractivity contribution in [2.45, 2.75) is 0 Å². The van der Waals surface area contributed by atoms with Gasteiger partial charge in [0.2, 0.25) is 0 Å². The number of nitrogens with zero attached hydrogens (tertiary/aromatic N) is 1. The smallest absolute Gasteiger partial charge is 0.258 e. The summed E-state index contributed by atoms with van der Waals surface area (Å²) in [6.07, 6.45) is 1.54. The molecule has 0 atom stereocenters. The molecule has 1 amide bonds. The largest absolute Gasteiger partial charge is 0.322 e. The third-order valence-corrected chi connectivity index (χ3v) is 2.88. The van der Waals surface area contributed by atoms with Gasteiger partial charge in [0.25, 0.3) is 5.91 Å². The van der Waals surface area contributed by atoms with Crippen molar-refractivity contribution in [3.63, 3.8) is 0 Å². The molecule has 0 aliphatic rings. The van der Waals surface area contributed by atoms with Gasteiger partial charge in [-0.25, -0.2) is 4.98 Å². The van der Waals surface area contributed by atoms with Gasteiger partial charge in [-0.2, -0.15) is 0 Å². The van der Waals surface area contributed by atoms with Crippen molar-refractivity contribution in [1.82, 2.24) is 4.98 Å². The van der Waals surface area contributed by atoms with Gasteiger partial charge in [0.1, 0.15) is 5.15 Å². The number of carbonyl (C=O) groups excluding carboxylic acids is 1. The van der Waals surface area contributed by atoms with E-state index in [1.54, 1.807) is 18.2 Å². The summed E-state index contributed by atoms with van der Waals surface area (Å²) in [4.78, 5) is 15.8. The number of nitrogens with one attached hydrogen (secondary N) is 1. The first-order chi connectivity index (χ1) is 8.16. The summed E-state index contributed by atoms with van der Waals surface area (Å²) in [6.45, 7) is 0. The topological polar surface area (TPSA) is 42.0 Å². The summed E-state index contributed by atoms with van der Waals surface area (Å²) in [5.74, 6) is -0.277. The Morgan fingerprint density at radius 2 is 2.12 bits per heavy atom. The van der Waals surface area contributed by atoms with Crippen LogP contribution in [-0.4, -0.2) is 10.9 Å². The monoisotopic (exact) mass is 310 g/mol. The number of hydrogen-bond acceptors (Lipinski definition) is 2. The maximum absolute atomic E-state index is 11.9. The quantitative estimate of drug-likeness (QED) is 0.858. The Morgan fingerprint density at radius 1 is 1.29 bits per heavy atom. The molecule has 0 fully saturated rings. The Balaban J connectivity index is 2.20. The van der Waals surface area contributed by atoms with Gasteiger partial charge in [0.05, 0.1) is 5.56 Å². The molecule has 86 valence electrons. The minimum absolute atomic E-state index is 0.194. The number of anilines is 1. The maximum Gasteiger partial charge on any atom is 0.258 e. The summed E-state index contributed by atoms with van der Waals surface area (Å²) in [5.41, 5.74) is 1.05. The van der Waals surface area contributed by atoms with Gasteiger partial charge in [-0.05, 0) is 30.3 Å². The lowest BCUT2D eigenvalue weighted by Crippen LogP contribution is -2.12. The van der Waals surface area contributed by atoms with Crippen LogP contribution in [0.2, 0.25) is 5.15 Å². The van der Waals surface area contributed by atoms with Crippen molar-refractivity contribution >= 4 is 39.1 Å². The van der Waals surface area contributed by atoms with Crippen molar-refractivity contribution in [3.05, 3.63) is 57.8 Å². The Labute approximate surface area is 112 Å². The van der Waals surface area contributed by atoms with Crippen LogP contribution in [0.1, 0.15) is 10.4 Å². The Kier molecular flexibility index (Phi) is 3.76. The zero-order valence-electron chi connectivity index (χ0n) is 8.65. The first-order valence-corrected chi connectivity index (χ1v) is 6.01. The van der Waals surface area contributed by atoms with Crippen LogP contribution in [0.15, 0.2) is 47.1 Å². The molecule has 2 aromatic rings. The molecular weight excluding hydrogens is 304 g/mol. The molecular formula is C12H8BrClN2O. The van der Waals surface area contributed by atoms with E-state index < -0.39 is 0 Å². The van der Waals surface area contributed by atoms with Gasteiger partial charge in [-0.3, -0.25) is 4.79 Å². The highest BCUT2D eigenvalue weighted by atomic mass is 79.9. The average molecular weight is 312 g/mol. The number of aromatic nitrogens is 1. The molecule has 2 rings (SSSR count). The second kappa shape index (κ2) is 5.29. The zero-order chi connectivity index (χ0) is 12.3. The summed E-state index contributed by atoms with van der Waals surface area (Å²) in [6, 6.07) is 10.6. The van der Waals surface area contributed by atoms with Crippen LogP contribution >= 0.6 is 27.5 Å². The van der Waals surface area contributed by atoms with Crippen molar-refractivity contribution < 1.29 is 4.79 Å². The third-order valence-electron chi connectivity index (χ3n) is 2.09. The molecule has 0 aliphatic heterocycles. The second-order valence-corrected chi connectivity index (χ2v) is 4.58. The standard InChI is InChI=1S/C12H8BrClN2O/c13-8-3-1-4-9(7-8)16-12(17)10-5-2-6-15-11(10)14/h1-7H,(H,16,17). The van der Waals surface area contributed by atoms with E-state index in [4.69, 9.17) is 11.6 Å². The van der Waals surface area contributed by atoms with Gasteiger partial charge in [0.15, 0.2) is 0 Å². The van der Waals surface area contributed by atoms with Crippen molar-refractivity contribution in [3.8, 4) is 0 Å². The number of pyridine rings is 1. The van der Waals surface area contributed by atoms with E-state index in [1.807, 2.05) is 18.2 Å². The molecule has 0 aliphatic carbocycles. The van der Waals surface area contributed by atoms with E-state index in [0.717, 1.165) is 4.47 Å². The van der Waals surface area contributed by atoms with Gasteiger partial charge < -0.3 is 5.32 Å². The summed E-state index contributed by atoms with van der Waals surface area (Å²) < 4.78 is 0.896. The lowest BCUT2D eigenvalue weighted by atomic mass is 10.2. The van der Waals surface area contributed by atoms with Gasteiger partial charge in [-0.1, -0.05) is 33.6 Å². The van der Waals surface area contributed by atoms with E-state index >= 15 is 0 Å². The molecule has 1 aromatic heterocycles. The van der Waals surface area contributed by atoms with Crippen LogP contribution in [0.3, 0.4) is 0 Å². The molecule has 0 radical (unpaired) electrons. The predicted octanol–water partition coefficient (Wildman–Crippen LogP) is 3.75. The van der Waals surface area contributed by atoms with E-state index in [0.29, 0.717) is 11.3 Å². The van der Waals surface area contributed by atoms with Crippen LogP contribution in [-0.2, 0) is 0 Å². The van der Waals surface area contributed by atoms with Gasteiger partial charge >= 0.3 is 0 Å². The Morgan fingerprint density at radius 3 is 2.82 bits per heavy atom. The third kappa shape index (κ3) is 3.05. The first-order valence-electron chi connectivity index (χ1n) is 4.84. The number of amides is 1. The molecule has 0 unspecified atom stereocenters. The summed E-state index contributed by atoms with van der Waals surface area (Å²) in [7, 11) is 0. The predicted molar refractivity (Wildman–Crippen MR) is 71.3 cm³/mol. The minimum atomic E-state index is -0.277. The van der Waals surface area contributed by atoms with Crippen molar-refractivity contribution in [1.29, 1.82) is 0 Å². The molecule has 5 heteroatoms. The second-order valence-electron chi connectivity index (χ2n) is 3.31. The normalized spacial score (nSPS) is 10.0. The fourth-order valence-corrected chi connectivity index (χ4v) is 1.92. The Hall–Kier alpha value is -1.39.